The van der Waals surface area contributed by atoms with E-state index in [4.69, 9.17) is 0 Å². The highest BCUT2D eigenvalue weighted by Gasteiger charge is 2.44. The first-order chi connectivity index (χ1) is 5.31. The van der Waals surface area contributed by atoms with E-state index in [-0.39, 0.29) is 13.0 Å². The first-order valence-electron chi connectivity index (χ1n) is 3.16. The van der Waals surface area contributed by atoms with E-state index in [2.05, 4.69) is 5.32 Å². The van der Waals surface area contributed by atoms with Crippen molar-refractivity contribution in [3.05, 3.63) is 5.32 Å². The maximum absolute atomic E-state index is 11.6. The standard InChI is InChI=1S/C5H9F3NO2S/c1-9-3-2-4-12(10,11)5(6,7)8/h2-4H2,1H3/q-1. The molecule has 0 heterocycles. The predicted molar refractivity (Wildman–Crippen MR) is 38.6 cm³/mol. The molecule has 74 valence electrons. The van der Waals surface area contributed by atoms with Gasteiger partial charge in [-0.1, -0.05) is 6.42 Å². The lowest BCUT2D eigenvalue weighted by atomic mass is 10.5. The van der Waals surface area contributed by atoms with E-state index in [0.29, 0.717) is 0 Å². The fourth-order valence-electron chi connectivity index (χ4n) is 0.528. The summed E-state index contributed by atoms with van der Waals surface area (Å²) in [7, 11) is -3.51. The molecule has 0 unspecified atom stereocenters. The maximum Gasteiger partial charge on any atom is 0.497 e. The highest BCUT2D eigenvalue weighted by molar-refractivity contribution is 7.92. The van der Waals surface area contributed by atoms with Gasteiger partial charge >= 0.3 is 5.51 Å². The van der Waals surface area contributed by atoms with Gasteiger partial charge < -0.3 is 5.32 Å². The summed E-state index contributed by atoms with van der Waals surface area (Å²) in [4.78, 5) is 0. The van der Waals surface area contributed by atoms with E-state index >= 15 is 0 Å². The maximum atomic E-state index is 11.6. The second-order valence-corrected chi connectivity index (χ2v) is 4.26. The minimum Gasteiger partial charge on any atom is -0.665 e. The summed E-state index contributed by atoms with van der Waals surface area (Å²) in [6.45, 7) is 0.134. The second kappa shape index (κ2) is 4.08. The van der Waals surface area contributed by atoms with Gasteiger partial charge in [-0.05, 0) is 0 Å². The number of hydrogen-bond acceptors (Lipinski definition) is 2. The summed E-state index contributed by atoms with van der Waals surface area (Å²) in [5.74, 6) is -0.881. The van der Waals surface area contributed by atoms with Crippen molar-refractivity contribution in [2.75, 3.05) is 19.3 Å². The molecule has 0 rings (SSSR count). The van der Waals surface area contributed by atoms with Gasteiger partial charge in [-0.2, -0.15) is 20.2 Å². The Morgan fingerprint density at radius 2 is 1.83 bits per heavy atom. The van der Waals surface area contributed by atoms with Gasteiger partial charge in [0.2, 0.25) is 9.84 Å². The third-order valence-electron chi connectivity index (χ3n) is 1.15. The topological polar surface area (TPSA) is 48.2 Å². The second-order valence-electron chi connectivity index (χ2n) is 2.16. The van der Waals surface area contributed by atoms with Crippen molar-refractivity contribution in [2.24, 2.45) is 0 Å². The molecule has 0 saturated carbocycles. The third kappa shape index (κ3) is 3.40. The number of rotatable bonds is 4. The summed E-state index contributed by atoms with van der Waals surface area (Å²) < 4.78 is 55.6. The van der Waals surface area contributed by atoms with Gasteiger partial charge in [-0.15, -0.1) is 6.54 Å². The van der Waals surface area contributed by atoms with Crippen molar-refractivity contribution in [1.82, 2.24) is 0 Å². The van der Waals surface area contributed by atoms with Crippen LogP contribution < -0.4 is 0 Å². The molecule has 0 atom stereocenters. The highest BCUT2D eigenvalue weighted by atomic mass is 32.2. The lowest BCUT2D eigenvalue weighted by Crippen LogP contribution is -2.26. The Morgan fingerprint density at radius 3 is 2.17 bits per heavy atom. The van der Waals surface area contributed by atoms with E-state index < -0.39 is 21.1 Å². The minimum absolute atomic E-state index is 0.0850. The molecular formula is C5H9F3NO2S-. The Balaban J connectivity index is 4.08. The molecule has 0 radical (unpaired) electrons. The SMILES string of the molecule is C[N-]CCCS(=O)(=O)C(F)(F)F. The lowest BCUT2D eigenvalue weighted by molar-refractivity contribution is -0.0435. The van der Waals surface area contributed by atoms with Crippen LogP contribution >= 0.6 is 0 Å². The van der Waals surface area contributed by atoms with Crippen molar-refractivity contribution < 1.29 is 21.6 Å². The van der Waals surface area contributed by atoms with Crippen LogP contribution in [0.15, 0.2) is 0 Å². The molecule has 0 spiro atoms. The van der Waals surface area contributed by atoms with Crippen LogP contribution in [0.1, 0.15) is 6.42 Å². The van der Waals surface area contributed by atoms with Gasteiger partial charge in [0, 0.05) is 0 Å². The molecule has 0 aromatic heterocycles. The number of alkyl halides is 3. The van der Waals surface area contributed by atoms with Crippen LogP contribution in [0.3, 0.4) is 0 Å². The third-order valence-corrected chi connectivity index (χ3v) is 2.68. The molecule has 0 aromatic rings. The van der Waals surface area contributed by atoms with Crippen molar-refractivity contribution in [3.8, 4) is 0 Å². The molecule has 0 aliphatic heterocycles. The largest absolute Gasteiger partial charge is 0.665 e. The Hall–Kier alpha value is -0.300. The fourth-order valence-corrected chi connectivity index (χ4v) is 1.27. The number of sulfone groups is 1. The van der Waals surface area contributed by atoms with Crippen molar-refractivity contribution in [2.45, 2.75) is 11.9 Å². The highest BCUT2D eigenvalue weighted by Crippen LogP contribution is 2.24. The molecule has 0 aliphatic carbocycles. The molecule has 0 amide bonds. The van der Waals surface area contributed by atoms with E-state index in [1.165, 1.54) is 7.05 Å². The molecule has 0 saturated heterocycles. The van der Waals surface area contributed by atoms with Crippen LogP contribution in [-0.4, -0.2) is 33.3 Å². The molecule has 0 N–H and O–H groups in total. The quantitative estimate of drug-likeness (QED) is 0.648. The van der Waals surface area contributed by atoms with E-state index in [1.807, 2.05) is 0 Å². The minimum atomic E-state index is -5.12. The van der Waals surface area contributed by atoms with Crippen LogP contribution in [0.25, 0.3) is 5.32 Å². The Kier molecular flexibility index (Phi) is 3.98. The average molecular weight is 204 g/mol. The number of hydrogen-bond donors (Lipinski definition) is 0. The van der Waals surface area contributed by atoms with Crippen molar-refractivity contribution in [3.63, 3.8) is 0 Å². The van der Waals surface area contributed by atoms with Gasteiger partial charge in [-0.3, -0.25) is 0 Å². The monoisotopic (exact) mass is 204 g/mol. The molecule has 0 aliphatic rings. The average Bonchev–Trinajstić information content (AvgIpc) is 1.85. The van der Waals surface area contributed by atoms with Gasteiger partial charge in [-0.25, -0.2) is 8.42 Å². The Morgan fingerprint density at radius 1 is 1.33 bits per heavy atom. The van der Waals surface area contributed by atoms with E-state index in [0.717, 1.165) is 0 Å². The van der Waals surface area contributed by atoms with Crippen LogP contribution in [0, 0.1) is 0 Å². The van der Waals surface area contributed by atoms with Gasteiger partial charge in [0.05, 0.1) is 5.75 Å². The zero-order chi connectivity index (χ0) is 9.83. The van der Waals surface area contributed by atoms with Crippen LogP contribution in [0.4, 0.5) is 13.2 Å². The zero-order valence-electron chi connectivity index (χ0n) is 6.43. The van der Waals surface area contributed by atoms with Crippen LogP contribution in [0.2, 0.25) is 0 Å². The first-order valence-corrected chi connectivity index (χ1v) is 4.81. The smallest absolute Gasteiger partial charge is 0.497 e. The Bertz CT molecular complexity index is 221. The molecule has 12 heavy (non-hydrogen) atoms. The Labute approximate surface area is 68.9 Å². The summed E-state index contributed by atoms with van der Waals surface area (Å²) in [6, 6.07) is 0. The fraction of sp³-hybridized carbons (Fsp3) is 1.00. The van der Waals surface area contributed by atoms with Gasteiger partial charge in [0.15, 0.2) is 0 Å². The number of halogens is 3. The first kappa shape index (κ1) is 11.7. The summed E-state index contributed by atoms with van der Waals surface area (Å²) >= 11 is 0. The molecule has 0 aromatic carbocycles. The zero-order valence-corrected chi connectivity index (χ0v) is 7.24. The summed E-state index contributed by atoms with van der Waals surface area (Å²) in [6.07, 6.45) is -0.0850. The summed E-state index contributed by atoms with van der Waals surface area (Å²) in [5.41, 5.74) is -5.12. The summed E-state index contributed by atoms with van der Waals surface area (Å²) in [5, 5.41) is 3.49. The van der Waals surface area contributed by atoms with E-state index in [1.54, 1.807) is 0 Å². The lowest BCUT2D eigenvalue weighted by Gasteiger charge is -2.11. The predicted octanol–water partition coefficient (Wildman–Crippen LogP) is 1.31. The van der Waals surface area contributed by atoms with Crippen molar-refractivity contribution >= 4 is 9.84 Å². The molecular weight excluding hydrogens is 195 g/mol. The van der Waals surface area contributed by atoms with E-state index in [9.17, 15) is 21.6 Å². The van der Waals surface area contributed by atoms with Crippen LogP contribution in [0.5, 0.6) is 0 Å². The molecule has 3 nitrogen and oxygen atoms in total. The normalized spacial score (nSPS) is 13.3. The van der Waals surface area contributed by atoms with Crippen molar-refractivity contribution in [1.29, 1.82) is 0 Å². The van der Waals surface area contributed by atoms with Gasteiger partial charge in [0.1, 0.15) is 0 Å². The van der Waals surface area contributed by atoms with Gasteiger partial charge in [0.25, 0.3) is 0 Å². The number of nitrogens with zero attached hydrogens (tertiary/aromatic N) is 1. The van der Waals surface area contributed by atoms with Crippen LogP contribution in [-0.2, 0) is 9.84 Å². The molecule has 7 heteroatoms. The molecule has 0 fully saturated rings. The molecule has 0 bridgehead atoms.